The van der Waals surface area contributed by atoms with Crippen LogP contribution >= 0.6 is 0 Å². The van der Waals surface area contributed by atoms with Gasteiger partial charge in [0.15, 0.2) is 0 Å². The SMILES string of the molecule is C=CCCO.Cc1ccc(O)cc1. The number of phenols is 1. The quantitative estimate of drug-likeness (QED) is 0.685. The van der Waals surface area contributed by atoms with Gasteiger partial charge in [0.05, 0.1) is 0 Å². The molecule has 0 unspecified atom stereocenters. The second-order valence-corrected chi connectivity index (χ2v) is 2.64. The molecule has 0 saturated carbocycles. The van der Waals surface area contributed by atoms with Gasteiger partial charge < -0.3 is 10.2 Å². The molecular formula is C11H16O2. The van der Waals surface area contributed by atoms with Crippen molar-refractivity contribution in [1.29, 1.82) is 0 Å². The summed E-state index contributed by atoms with van der Waals surface area (Å²) in [7, 11) is 0. The molecule has 0 saturated heterocycles. The molecule has 0 aromatic heterocycles. The largest absolute Gasteiger partial charge is 0.508 e. The molecule has 0 aliphatic rings. The third-order valence-electron chi connectivity index (χ3n) is 1.37. The standard InChI is InChI=1S/C7H8O.C4H8O/c1-6-2-4-7(8)5-3-6;1-2-3-4-5/h2-5,8H,1H3;2,5H,1,3-4H2. The van der Waals surface area contributed by atoms with Crippen molar-refractivity contribution in [3.05, 3.63) is 42.5 Å². The highest BCUT2D eigenvalue weighted by atomic mass is 16.3. The zero-order chi connectivity index (χ0) is 10.1. The lowest BCUT2D eigenvalue weighted by atomic mass is 10.2. The third-order valence-corrected chi connectivity index (χ3v) is 1.37. The number of aliphatic hydroxyl groups excluding tert-OH is 1. The summed E-state index contributed by atoms with van der Waals surface area (Å²) in [6.07, 6.45) is 2.39. The first-order chi connectivity index (χ1) is 6.20. The highest BCUT2D eigenvalue weighted by Crippen LogP contribution is 2.07. The average molecular weight is 180 g/mol. The van der Waals surface area contributed by atoms with E-state index in [9.17, 15) is 0 Å². The Hall–Kier alpha value is -1.28. The van der Waals surface area contributed by atoms with Crippen molar-refractivity contribution in [3.63, 3.8) is 0 Å². The first-order valence-electron chi connectivity index (χ1n) is 4.18. The first-order valence-corrected chi connectivity index (χ1v) is 4.18. The normalized spacial score (nSPS) is 8.46. The van der Waals surface area contributed by atoms with Crippen molar-refractivity contribution < 1.29 is 10.2 Å². The summed E-state index contributed by atoms with van der Waals surface area (Å²) in [5, 5.41) is 16.8. The zero-order valence-corrected chi connectivity index (χ0v) is 7.90. The van der Waals surface area contributed by atoms with Crippen molar-refractivity contribution >= 4 is 0 Å². The van der Waals surface area contributed by atoms with Gasteiger partial charge in [0, 0.05) is 6.61 Å². The fourth-order valence-corrected chi connectivity index (χ4v) is 0.636. The zero-order valence-electron chi connectivity index (χ0n) is 7.90. The maximum atomic E-state index is 8.76. The molecule has 1 aromatic carbocycles. The number of aliphatic hydroxyl groups is 1. The van der Waals surface area contributed by atoms with E-state index in [2.05, 4.69) is 6.58 Å². The van der Waals surface area contributed by atoms with Gasteiger partial charge in [0.25, 0.3) is 0 Å². The second kappa shape index (κ2) is 7.37. The minimum Gasteiger partial charge on any atom is -0.508 e. The molecule has 0 aliphatic carbocycles. The van der Waals surface area contributed by atoms with Gasteiger partial charge in [-0.1, -0.05) is 23.8 Å². The molecule has 0 heterocycles. The van der Waals surface area contributed by atoms with Gasteiger partial charge >= 0.3 is 0 Å². The number of phenolic OH excluding ortho intramolecular Hbond substituents is 1. The number of aromatic hydroxyl groups is 1. The van der Waals surface area contributed by atoms with Crippen LogP contribution in [0, 0.1) is 6.92 Å². The fourth-order valence-electron chi connectivity index (χ4n) is 0.636. The summed E-state index contributed by atoms with van der Waals surface area (Å²) < 4.78 is 0. The number of benzene rings is 1. The minimum absolute atomic E-state index is 0.226. The molecule has 2 nitrogen and oxygen atoms in total. The highest BCUT2D eigenvalue weighted by Gasteiger charge is 1.82. The van der Waals surface area contributed by atoms with E-state index < -0.39 is 0 Å². The Morgan fingerprint density at radius 1 is 1.31 bits per heavy atom. The van der Waals surface area contributed by atoms with Crippen molar-refractivity contribution in [2.45, 2.75) is 13.3 Å². The van der Waals surface area contributed by atoms with E-state index >= 15 is 0 Å². The molecule has 0 spiro atoms. The monoisotopic (exact) mass is 180 g/mol. The highest BCUT2D eigenvalue weighted by molar-refractivity contribution is 5.24. The first kappa shape index (κ1) is 11.7. The van der Waals surface area contributed by atoms with Crippen LogP contribution in [0.2, 0.25) is 0 Å². The van der Waals surface area contributed by atoms with E-state index in [0.29, 0.717) is 12.2 Å². The Bertz CT molecular complexity index is 205. The maximum Gasteiger partial charge on any atom is 0.115 e. The lowest BCUT2D eigenvalue weighted by molar-refractivity contribution is 0.303. The molecule has 1 aromatic rings. The summed E-state index contributed by atoms with van der Waals surface area (Å²) in [6.45, 7) is 5.60. The van der Waals surface area contributed by atoms with Crippen molar-refractivity contribution in [3.8, 4) is 5.75 Å². The van der Waals surface area contributed by atoms with Crippen LogP contribution in [0.25, 0.3) is 0 Å². The summed E-state index contributed by atoms with van der Waals surface area (Å²) in [6, 6.07) is 7.09. The van der Waals surface area contributed by atoms with Crippen LogP contribution in [-0.4, -0.2) is 16.8 Å². The predicted octanol–water partition coefficient (Wildman–Crippen LogP) is 2.26. The number of hydrogen-bond donors (Lipinski definition) is 2. The van der Waals surface area contributed by atoms with E-state index in [1.54, 1.807) is 18.2 Å². The Morgan fingerprint density at radius 3 is 2.08 bits per heavy atom. The lowest BCUT2D eigenvalue weighted by Gasteiger charge is -1.89. The molecule has 13 heavy (non-hydrogen) atoms. The van der Waals surface area contributed by atoms with Crippen LogP contribution in [0.5, 0.6) is 5.75 Å². The molecule has 0 amide bonds. The minimum atomic E-state index is 0.226. The summed E-state index contributed by atoms with van der Waals surface area (Å²) in [5.41, 5.74) is 1.17. The van der Waals surface area contributed by atoms with Crippen molar-refractivity contribution in [2.24, 2.45) is 0 Å². The van der Waals surface area contributed by atoms with Crippen LogP contribution < -0.4 is 0 Å². The van der Waals surface area contributed by atoms with Crippen molar-refractivity contribution in [1.82, 2.24) is 0 Å². The molecule has 72 valence electrons. The molecule has 0 fully saturated rings. The number of rotatable bonds is 2. The van der Waals surface area contributed by atoms with Crippen LogP contribution in [0.1, 0.15) is 12.0 Å². The molecule has 2 N–H and O–H groups in total. The smallest absolute Gasteiger partial charge is 0.115 e. The maximum absolute atomic E-state index is 8.76. The van der Waals surface area contributed by atoms with Gasteiger partial charge in [-0.3, -0.25) is 0 Å². The van der Waals surface area contributed by atoms with Crippen LogP contribution in [-0.2, 0) is 0 Å². The van der Waals surface area contributed by atoms with Gasteiger partial charge in [-0.25, -0.2) is 0 Å². The summed E-state index contributed by atoms with van der Waals surface area (Å²) in [5.74, 6) is 0.329. The van der Waals surface area contributed by atoms with E-state index in [4.69, 9.17) is 10.2 Å². The van der Waals surface area contributed by atoms with Gasteiger partial charge in [-0.15, -0.1) is 6.58 Å². The van der Waals surface area contributed by atoms with E-state index in [1.165, 1.54) is 5.56 Å². The summed E-state index contributed by atoms with van der Waals surface area (Å²) >= 11 is 0. The number of hydrogen-bond acceptors (Lipinski definition) is 2. The summed E-state index contributed by atoms with van der Waals surface area (Å²) in [4.78, 5) is 0. The van der Waals surface area contributed by atoms with E-state index in [1.807, 2.05) is 19.1 Å². The van der Waals surface area contributed by atoms with Gasteiger partial charge in [-0.05, 0) is 25.5 Å². The molecule has 2 heteroatoms. The van der Waals surface area contributed by atoms with Gasteiger partial charge in [-0.2, -0.15) is 0 Å². The fraction of sp³-hybridized carbons (Fsp3) is 0.273. The average Bonchev–Trinajstić information content (AvgIpc) is 2.13. The molecule has 0 radical (unpaired) electrons. The van der Waals surface area contributed by atoms with E-state index in [0.717, 1.165) is 0 Å². The molecule has 0 bridgehead atoms. The third kappa shape index (κ3) is 7.09. The lowest BCUT2D eigenvalue weighted by Crippen LogP contribution is -1.71. The Labute approximate surface area is 79.2 Å². The molecule has 0 atom stereocenters. The molecule has 0 aliphatic heterocycles. The second-order valence-electron chi connectivity index (χ2n) is 2.64. The van der Waals surface area contributed by atoms with Crippen molar-refractivity contribution in [2.75, 3.05) is 6.61 Å². The van der Waals surface area contributed by atoms with Crippen LogP contribution in [0.3, 0.4) is 0 Å². The Balaban J connectivity index is 0.000000252. The Morgan fingerprint density at radius 2 is 1.85 bits per heavy atom. The Kier molecular flexibility index (Phi) is 6.65. The van der Waals surface area contributed by atoms with Crippen LogP contribution in [0.4, 0.5) is 0 Å². The van der Waals surface area contributed by atoms with Gasteiger partial charge in [0.1, 0.15) is 5.75 Å². The van der Waals surface area contributed by atoms with Gasteiger partial charge in [0.2, 0.25) is 0 Å². The molecule has 1 rings (SSSR count). The van der Waals surface area contributed by atoms with E-state index in [-0.39, 0.29) is 6.61 Å². The predicted molar refractivity (Wildman–Crippen MR) is 54.7 cm³/mol. The molecular weight excluding hydrogens is 164 g/mol. The number of aryl methyl sites for hydroxylation is 1. The topological polar surface area (TPSA) is 40.5 Å². The van der Waals surface area contributed by atoms with Crippen LogP contribution in [0.15, 0.2) is 36.9 Å².